The van der Waals surface area contributed by atoms with Gasteiger partial charge in [-0.05, 0) is 71.0 Å². The molecule has 29 nitrogen and oxygen atoms in total. The van der Waals surface area contributed by atoms with Gasteiger partial charge in [0.2, 0.25) is 59.1 Å². The number of H-pyrrole nitrogens is 6. The van der Waals surface area contributed by atoms with Crippen molar-refractivity contribution in [1.29, 1.82) is 0 Å². The monoisotopic (exact) mass is 1370 g/mol. The zero-order valence-corrected chi connectivity index (χ0v) is 56.1. The Labute approximate surface area is 579 Å². The third-order valence-corrected chi connectivity index (χ3v) is 17.9. The first-order valence-electron chi connectivity index (χ1n) is 33.4. The van der Waals surface area contributed by atoms with Crippen molar-refractivity contribution in [2.75, 3.05) is 26.2 Å². The van der Waals surface area contributed by atoms with E-state index >= 15 is 14.4 Å². The smallest absolute Gasteiger partial charge is 0.248 e. The summed E-state index contributed by atoms with van der Waals surface area (Å²) in [5.74, 6) is -6.05. The minimum absolute atomic E-state index is 0.0249. The van der Waals surface area contributed by atoms with Crippen molar-refractivity contribution in [2.24, 2.45) is 5.73 Å². The molecule has 11 rings (SSSR count). The maximum absolute atomic E-state index is 16.0. The Hall–Kier alpha value is -12.2. The Morgan fingerprint density at radius 3 is 1.03 bits per heavy atom. The molecule has 2 bridgehead atoms. The van der Waals surface area contributed by atoms with Gasteiger partial charge in [-0.3, -0.25) is 47.9 Å². The van der Waals surface area contributed by atoms with E-state index in [2.05, 4.69) is 76.8 Å². The first-order valence-corrected chi connectivity index (χ1v) is 33.4. The van der Waals surface area contributed by atoms with Crippen molar-refractivity contribution < 1.29 is 47.9 Å². The van der Waals surface area contributed by atoms with Crippen LogP contribution in [0.15, 0.2) is 147 Å². The summed E-state index contributed by atoms with van der Waals surface area (Å²) in [5, 5.41) is 19.5. The number of nitrogens with zero attached hydrogens (tertiary/aromatic N) is 6. The van der Waals surface area contributed by atoms with Crippen LogP contribution < -0.4 is 37.6 Å². The number of primary amides is 1. The molecule has 10 amide bonds. The summed E-state index contributed by atoms with van der Waals surface area (Å²) in [4.78, 5) is 180. The number of carbonyl (C=O) groups is 10. The molecular formula is C72H81N19O10. The summed E-state index contributed by atoms with van der Waals surface area (Å²) in [5.41, 5.74) is 12.8. The summed E-state index contributed by atoms with van der Waals surface area (Å²) in [6.07, 6.45) is 14.4. The summed E-state index contributed by atoms with van der Waals surface area (Å²) in [6.45, 7) is 3.18. The van der Waals surface area contributed by atoms with E-state index in [-0.39, 0.29) is 96.2 Å². The van der Waals surface area contributed by atoms with E-state index < -0.39 is 95.3 Å². The predicted octanol–water partition coefficient (Wildman–Crippen LogP) is 3.10. The molecule has 6 atom stereocenters. The van der Waals surface area contributed by atoms with Gasteiger partial charge in [-0.1, -0.05) is 60.7 Å². The molecule has 10 aromatic rings. The van der Waals surface area contributed by atoms with Crippen LogP contribution in [-0.2, 0) is 94.8 Å². The van der Waals surface area contributed by atoms with Gasteiger partial charge in [0.1, 0.15) is 36.3 Å². The van der Waals surface area contributed by atoms with E-state index in [0.717, 1.165) is 32.7 Å². The van der Waals surface area contributed by atoms with Crippen molar-refractivity contribution in [2.45, 2.75) is 121 Å². The SMILES string of the molecule is CC(=O)N[C@H](Cc1c[nH]cn1)C(=O)N[C@H](Cc1c[nH]c2ccccc12)C(=O)N1CCCN(C(=O)[C@@H](Cc2c[nH]c3ccccc23)NC(=O)[C@@H](Cc2c[nH]cn2)NC(C)=O)Cc2cc(cc(C(N)=O)c2)CN(C(=O)[C@@H](Cc2c[nH]c3ccccc23)NC(=O)[C@@H](Cc2c[nH]cn2)NC(C)=O)CCC1. The van der Waals surface area contributed by atoms with E-state index in [9.17, 15) is 33.6 Å². The largest absolute Gasteiger partial charge is 0.366 e. The van der Waals surface area contributed by atoms with Crippen LogP contribution in [0.4, 0.5) is 0 Å². The molecule has 0 spiro atoms. The highest BCUT2D eigenvalue weighted by atomic mass is 16.2. The molecule has 524 valence electrons. The van der Waals surface area contributed by atoms with Crippen molar-refractivity contribution in [3.8, 4) is 0 Å². The molecule has 29 heteroatoms. The maximum Gasteiger partial charge on any atom is 0.248 e. The quantitative estimate of drug-likeness (QED) is 0.0392. The lowest BCUT2D eigenvalue weighted by Crippen LogP contribution is -2.56. The van der Waals surface area contributed by atoms with Crippen molar-refractivity contribution >= 4 is 91.8 Å². The molecule has 0 aliphatic carbocycles. The van der Waals surface area contributed by atoms with Gasteiger partial charge in [0.05, 0.1) is 36.1 Å². The second-order valence-electron chi connectivity index (χ2n) is 25.4. The normalized spacial score (nSPS) is 14.7. The highest BCUT2D eigenvalue weighted by Crippen LogP contribution is 2.26. The minimum Gasteiger partial charge on any atom is -0.366 e. The molecule has 0 radical (unpaired) electrons. The van der Waals surface area contributed by atoms with Gasteiger partial charge in [-0.25, -0.2) is 15.0 Å². The molecule has 4 aromatic carbocycles. The van der Waals surface area contributed by atoms with Crippen LogP contribution in [0.5, 0.6) is 0 Å². The van der Waals surface area contributed by atoms with Gasteiger partial charge in [-0.2, -0.15) is 0 Å². The molecule has 1 aliphatic rings. The highest BCUT2D eigenvalue weighted by molar-refractivity contribution is 5.97. The van der Waals surface area contributed by atoms with E-state index in [4.69, 9.17) is 5.73 Å². The molecular weight excluding hydrogens is 1290 g/mol. The summed E-state index contributed by atoms with van der Waals surface area (Å²) in [6, 6.07) is 19.8. The standard InChI is InChI=1S/C72H81N19O10/c1-42(92)83-60(28-51-34-74-39-80-51)67(96)86-63(25-48-31-77-57-15-7-4-12-54(48)57)70(99)89-18-10-20-90(71(100)64(26-49-32-78-58-16-8-5-13-55(49)58)87-68(97)61(84-43(2)93)29-52-35-75-40-81-52)37-45-22-46(24-47(23-45)66(73)95)38-91(21-11-19-89)72(101)65(27-50-33-79-59-17-9-6-14-56(50)59)88-69(98)62(85-44(3)94)30-53-36-76-41-82-53/h4-9,12-17,22-24,31-36,39-41,60-65,77-79H,10-11,18-21,25-30,37-38H2,1-3H3,(H2,73,95)(H,74,80)(H,75,81)(H,76,82)(H,83,92)(H,84,93)(H,85,94)(H,86,96)(H,87,97)(H,88,98)/t60-,61-,62-,63-,64-,65-/m1/s1. The lowest BCUT2D eigenvalue weighted by atomic mass is 10.00. The lowest BCUT2D eigenvalue weighted by molar-refractivity contribution is -0.139. The highest BCUT2D eigenvalue weighted by Gasteiger charge is 2.36. The lowest BCUT2D eigenvalue weighted by Gasteiger charge is -2.34. The molecule has 6 aromatic heterocycles. The Kier molecular flexibility index (Phi) is 22.5. The van der Waals surface area contributed by atoms with Gasteiger partial charge in [0.25, 0.3) is 0 Å². The number of aromatic nitrogens is 9. The molecule has 0 unspecified atom stereocenters. The number of aromatic amines is 6. The molecule has 101 heavy (non-hydrogen) atoms. The Bertz CT molecular complexity index is 4400. The average Bonchev–Trinajstić information content (AvgIpc) is 1.81. The van der Waals surface area contributed by atoms with Gasteiger partial charge in [0.15, 0.2) is 0 Å². The van der Waals surface area contributed by atoms with Crippen molar-refractivity contribution in [1.82, 2.24) is 91.5 Å². The third-order valence-electron chi connectivity index (χ3n) is 17.9. The molecule has 0 fully saturated rings. The molecule has 0 saturated carbocycles. The van der Waals surface area contributed by atoms with Crippen LogP contribution in [0.3, 0.4) is 0 Å². The third kappa shape index (κ3) is 18.1. The summed E-state index contributed by atoms with van der Waals surface area (Å²) >= 11 is 0. The number of imidazole rings is 3. The minimum atomic E-state index is -1.32. The fraction of sp³-hybridized carbons (Fsp3) is 0.319. The number of hydrogen-bond donors (Lipinski definition) is 13. The van der Waals surface area contributed by atoms with E-state index in [1.807, 2.05) is 72.8 Å². The zero-order chi connectivity index (χ0) is 71.1. The number of amides is 10. The Balaban J connectivity index is 1.00. The van der Waals surface area contributed by atoms with Crippen LogP contribution in [0.1, 0.15) is 88.9 Å². The number of carbonyl (C=O) groups excluding carboxylic acids is 10. The average molecular weight is 1370 g/mol. The molecule has 1 aliphatic heterocycles. The van der Waals surface area contributed by atoms with Gasteiger partial charge >= 0.3 is 0 Å². The number of hydrogen-bond acceptors (Lipinski definition) is 13. The van der Waals surface area contributed by atoms with Crippen LogP contribution >= 0.6 is 0 Å². The zero-order valence-electron chi connectivity index (χ0n) is 56.1. The summed E-state index contributed by atoms with van der Waals surface area (Å²) in [7, 11) is 0. The van der Waals surface area contributed by atoms with E-state index in [1.54, 1.807) is 60.3 Å². The number of nitrogens with one attached hydrogen (secondary N) is 12. The topological polar surface area (TPSA) is 412 Å². The summed E-state index contributed by atoms with van der Waals surface area (Å²) < 4.78 is 0. The molecule has 7 heterocycles. The maximum atomic E-state index is 16.0. The number of benzene rings is 4. The second-order valence-corrected chi connectivity index (χ2v) is 25.4. The van der Waals surface area contributed by atoms with E-state index in [0.29, 0.717) is 44.9 Å². The number of para-hydroxylation sites is 3. The van der Waals surface area contributed by atoms with Gasteiger partial charge in [0, 0.05) is 174 Å². The van der Waals surface area contributed by atoms with Crippen LogP contribution in [0.2, 0.25) is 0 Å². The Morgan fingerprint density at radius 2 is 0.723 bits per heavy atom. The predicted molar refractivity (Wildman–Crippen MR) is 373 cm³/mol. The van der Waals surface area contributed by atoms with Gasteiger partial charge in [-0.15, -0.1) is 0 Å². The number of rotatable bonds is 25. The molecule has 0 saturated heterocycles. The Morgan fingerprint density at radius 1 is 0.406 bits per heavy atom. The van der Waals surface area contributed by atoms with Crippen LogP contribution in [0, 0.1) is 0 Å². The van der Waals surface area contributed by atoms with Crippen LogP contribution in [0.25, 0.3) is 32.7 Å². The number of nitrogens with two attached hydrogens (primary N) is 1. The van der Waals surface area contributed by atoms with Gasteiger partial charge < -0.3 is 82.2 Å². The van der Waals surface area contributed by atoms with Crippen molar-refractivity contribution in [3.05, 3.63) is 198 Å². The fourth-order valence-electron chi connectivity index (χ4n) is 13.1. The van der Waals surface area contributed by atoms with Crippen LogP contribution in [-0.4, -0.2) is 181 Å². The molecule has 14 N–H and O–H groups in total. The van der Waals surface area contributed by atoms with E-state index in [1.165, 1.54) is 49.6 Å². The first kappa shape index (κ1) is 70.2. The fourth-order valence-corrected chi connectivity index (χ4v) is 13.1. The number of fused-ring (bicyclic) bond motifs is 5. The second kappa shape index (κ2) is 32.5. The van der Waals surface area contributed by atoms with Crippen molar-refractivity contribution in [3.63, 3.8) is 0 Å². The first-order chi connectivity index (χ1) is 48.8.